The second-order valence-electron chi connectivity index (χ2n) is 6.36. The van der Waals surface area contributed by atoms with Crippen molar-refractivity contribution in [2.45, 2.75) is 12.1 Å². The van der Waals surface area contributed by atoms with Crippen LogP contribution in [0.4, 0.5) is 18.9 Å². The van der Waals surface area contributed by atoms with Crippen molar-refractivity contribution in [3.8, 4) is 11.6 Å². The van der Waals surface area contributed by atoms with Crippen LogP contribution in [0.25, 0.3) is 0 Å². The summed E-state index contributed by atoms with van der Waals surface area (Å²) >= 11 is 0. The van der Waals surface area contributed by atoms with E-state index < -0.39 is 22.6 Å². The maximum absolute atomic E-state index is 13.1. The van der Waals surface area contributed by atoms with E-state index in [9.17, 15) is 23.3 Å². The molecule has 0 amide bonds. The van der Waals surface area contributed by atoms with Crippen LogP contribution in [-0.4, -0.2) is 14.6 Å². The summed E-state index contributed by atoms with van der Waals surface area (Å²) in [5.41, 5.74) is -0.382. The van der Waals surface area contributed by atoms with Crippen LogP contribution in [0.3, 0.4) is 0 Å². The largest absolute Gasteiger partial charge is 0.438 e. The number of hydrogen-bond acceptors (Lipinski definition) is 6. The molecule has 0 fully saturated rings. The Hall–Kier alpha value is -3.89. The van der Waals surface area contributed by atoms with Crippen molar-refractivity contribution in [2.24, 2.45) is 0 Å². The van der Waals surface area contributed by atoms with E-state index in [1.807, 2.05) is 0 Å². The predicted octanol–water partition coefficient (Wildman–Crippen LogP) is 3.29. The lowest BCUT2D eigenvalue weighted by Gasteiger charge is -2.28. The molecule has 0 saturated carbocycles. The normalized spacial score (nSPS) is 15.2. The molecule has 0 saturated heterocycles. The van der Waals surface area contributed by atoms with Crippen LogP contribution >= 0.6 is 0 Å². The van der Waals surface area contributed by atoms with Gasteiger partial charge in [0.1, 0.15) is 12.1 Å². The molecule has 0 spiro atoms. The third kappa shape index (κ3) is 3.06. The van der Waals surface area contributed by atoms with E-state index in [0.29, 0.717) is 11.1 Å². The average molecular weight is 403 g/mol. The van der Waals surface area contributed by atoms with Gasteiger partial charge < -0.3 is 10.6 Å². The number of halogens is 3. The zero-order chi connectivity index (χ0) is 20.9. The number of nitrogen functional groups attached to an aromatic ring is 1. The maximum atomic E-state index is 13.1. The number of benzene rings is 2. The Labute approximate surface area is 160 Å². The van der Waals surface area contributed by atoms with Crippen LogP contribution < -0.4 is 16.1 Å². The van der Waals surface area contributed by atoms with Gasteiger partial charge in [-0.25, -0.2) is 9.66 Å². The van der Waals surface area contributed by atoms with Gasteiger partial charge >= 0.3 is 6.18 Å². The molecule has 0 aliphatic carbocycles. The first-order chi connectivity index (χ1) is 13.7. The van der Waals surface area contributed by atoms with E-state index in [1.165, 1.54) is 24.3 Å². The standard InChI is InChI=1S/C18H12F3N5O3/c19-18(20,21)10-4-5-12-13(7-10)29-17-15(16(22)25(23)8-24-17)14(12)9-2-1-3-11(6-9)26(27)28/h1-8,14,22H,23H2. The van der Waals surface area contributed by atoms with Crippen molar-refractivity contribution in [1.82, 2.24) is 9.66 Å². The lowest BCUT2D eigenvalue weighted by Crippen LogP contribution is -2.33. The van der Waals surface area contributed by atoms with E-state index in [-0.39, 0.29) is 28.4 Å². The Balaban J connectivity index is 1.99. The molecule has 8 nitrogen and oxygen atoms in total. The fourth-order valence-corrected chi connectivity index (χ4v) is 3.29. The molecule has 1 aliphatic rings. The average Bonchev–Trinajstić information content (AvgIpc) is 2.68. The molecule has 2 heterocycles. The van der Waals surface area contributed by atoms with Gasteiger partial charge in [-0.15, -0.1) is 0 Å². The Bertz CT molecular complexity index is 1210. The number of hydrogen-bond donors (Lipinski definition) is 2. The lowest BCUT2D eigenvalue weighted by atomic mass is 9.83. The van der Waals surface area contributed by atoms with Gasteiger partial charge in [-0.1, -0.05) is 18.2 Å². The lowest BCUT2D eigenvalue weighted by molar-refractivity contribution is -0.384. The predicted molar refractivity (Wildman–Crippen MR) is 93.8 cm³/mol. The number of fused-ring (bicyclic) bond motifs is 2. The molecule has 29 heavy (non-hydrogen) atoms. The molecule has 3 N–H and O–H groups in total. The second-order valence-corrected chi connectivity index (χ2v) is 6.36. The smallest absolute Gasteiger partial charge is 0.416 e. The first-order valence-electron chi connectivity index (χ1n) is 8.21. The van der Waals surface area contributed by atoms with Crippen LogP contribution in [0.15, 0.2) is 48.8 Å². The highest BCUT2D eigenvalue weighted by Crippen LogP contribution is 2.47. The molecule has 1 aliphatic heterocycles. The van der Waals surface area contributed by atoms with Gasteiger partial charge in [0.25, 0.3) is 5.69 Å². The van der Waals surface area contributed by atoms with Gasteiger partial charge in [0, 0.05) is 23.6 Å². The minimum absolute atomic E-state index is 0.0833. The topological polar surface area (TPSA) is 120 Å². The Morgan fingerprint density at radius 3 is 2.69 bits per heavy atom. The number of aromatic nitrogens is 2. The number of alkyl halides is 3. The zero-order valence-electron chi connectivity index (χ0n) is 14.5. The van der Waals surface area contributed by atoms with Crippen LogP contribution in [0.2, 0.25) is 0 Å². The summed E-state index contributed by atoms with van der Waals surface area (Å²) in [5, 5.41) is 19.5. The van der Waals surface area contributed by atoms with Crippen LogP contribution in [0.5, 0.6) is 11.6 Å². The molecular weight excluding hydrogens is 391 g/mol. The molecule has 1 unspecified atom stereocenters. The number of ether oxygens (including phenoxy) is 1. The van der Waals surface area contributed by atoms with Gasteiger partial charge in [-0.2, -0.15) is 13.2 Å². The SMILES string of the molecule is N=c1c2c(ncn1N)Oc1cc(C(F)(F)F)ccc1C2c1cccc([N+](=O)[O-])c1. The zero-order valence-corrected chi connectivity index (χ0v) is 14.5. The maximum Gasteiger partial charge on any atom is 0.416 e. The van der Waals surface area contributed by atoms with E-state index in [1.54, 1.807) is 6.07 Å². The number of nitrogens with one attached hydrogen (secondary N) is 1. The van der Waals surface area contributed by atoms with Gasteiger partial charge in [-0.05, 0) is 17.7 Å². The molecule has 1 atom stereocenters. The molecule has 0 bridgehead atoms. The molecule has 148 valence electrons. The third-order valence-corrected chi connectivity index (χ3v) is 4.60. The monoisotopic (exact) mass is 403 g/mol. The van der Waals surface area contributed by atoms with E-state index >= 15 is 0 Å². The van der Waals surface area contributed by atoms with Crippen LogP contribution in [0.1, 0.15) is 28.2 Å². The van der Waals surface area contributed by atoms with Crippen molar-refractivity contribution in [1.29, 1.82) is 5.41 Å². The highest BCUT2D eigenvalue weighted by atomic mass is 19.4. The number of rotatable bonds is 2. The molecule has 3 aromatic rings. The fourth-order valence-electron chi connectivity index (χ4n) is 3.29. The van der Waals surface area contributed by atoms with Crippen LogP contribution in [0, 0.1) is 15.5 Å². The summed E-state index contributed by atoms with van der Waals surface area (Å²) in [6, 6.07) is 8.62. The number of non-ortho nitro benzene ring substituents is 1. The first-order valence-corrected chi connectivity index (χ1v) is 8.21. The summed E-state index contributed by atoms with van der Waals surface area (Å²) < 4.78 is 45.9. The summed E-state index contributed by atoms with van der Waals surface area (Å²) in [7, 11) is 0. The summed E-state index contributed by atoms with van der Waals surface area (Å²) in [4.78, 5) is 14.6. The highest BCUT2D eigenvalue weighted by Gasteiger charge is 2.36. The Morgan fingerprint density at radius 1 is 1.24 bits per heavy atom. The summed E-state index contributed by atoms with van der Waals surface area (Å²) in [5.74, 6) is 4.72. The third-order valence-electron chi connectivity index (χ3n) is 4.60. The first kappa shape index (κ1) is 18.5. The van der Waals surface area contributed by atoms with Gasteiger partial charge in [0.15, 0.2) is 5.49 Å². The molecule has 1 aromatic heterocycles. The summed E-state index contributed by atoms with van der Waals surface area (Å²) in [6.45, 7) is 0. The van der Waals surface area contributed by atoms with Gasteiger partial charge in [0.05, 0.1) is 16.1 Å². The van der Waals surface area contributed by atoms with Crippen molar-refractivity contribution in [2.75, 3.05) is 5.84 Å². The number of nitro benzene ring substituents is 1. The summed E-state index contributed by atoms with van der Waals surface area (Å²) in [6.07, 6.45) is -3.48. The number of nitrogens with two attached hydrogens (primary N) is 1. The minimum Gasteiger partial charge on any atom is -0.438 e. The number of nitro groups is 1. The van der Waals surface area contributed by atoms with E-state index in [4.69, 9.17) is 16.0 Å². The second kappa shape index (κ2) is 6.33. The number of nitrogens with zero attached hydrogens (tertiary/aromatic N) is 3. The van der Waals surface area contributed by atoms with Gasteiger partial charge in [-0.3, -0.25) is 15.5 Å². The molecular formula is C18H12F3N5O3. The minimum atomic E-state index is -4.58. The molecule has 0 radical (unpaired) electrons. The van der Waals surface area contributed by atoms with Crippen molar-refractivity contribution < 1.29 is 22.8 Å². The molecule has 11 heteroatoms. The van der Waals surface area contributed by atoms with Gasteiger partial charge in [0.2, 0.25) is 5.88 Å². The van der Waals surface area contributed by atoms with Crippen molar-refractivity contribution in [3.05, 3.63) is 86.6 Å². The Kier molecular flexibility index (Phi) is 4.03. The van der Waals surface area contributed by atoms with E-state index in [0.717, 1.165) is 23.1 Å². The fraction of sp³-hybridized carbons (Fsp3) is 0.111. The Morgan fingerprint density at radius 2 is 2.00 bits per heavy atom. The highest BCUT2D eigenvalue weighted by molar-refractivity contribution is 5.57. The quantitative estimate of drug-likeness (QED) is 0.302. The van der Waals surface area contributed by atoms with E-state index in [2.05, 4.69) is 4.98 Å². The molecule has 4 rings (SSSR count). The van der Waals surface area contributed by atoms with Crippen molar-refractivity contribution >= 4 is 5.69 Å². The van der Waals surface area contributed by atoms with Crippen LogP contribution in [-0.2, 0) is 6.18 Å². The van der Waals surface area contributed by atoms with Crippen molar-refractivity contribution in [3.63, 3.8) is 0 Å². The molecule has 2 aromatic carbocycles.